The Balaban J connectivity index is 2.45. The van der Waals surface area contributed by atoms with E-state index in [2.05, 4.69) is 4.98 Å². The number of ether oxygens (including phenoxy) is 2. The maximum atomic E-state index is 5.88. The van der Waals surface area contributed by atoms with E-state index in [0.717, 1.165) is 16.7 Å². The molecule has 4 heteroatoms. The molecule has 2 heterocycles. The van der Waals surface area contributed by atoms with Gasteiger partial charge in [0.05, 0.1) is 5.52 Å². The number of nitrogen functional groups attached to an aromatic ring is 1. The molecule has 3 rings (SSSR count). The van der Waals surface area contributed by atoms with Gasteiger partial charge in [-0.25, -0.2) is 0 Å². The molecule has 2 aromatic rings. The zero-order chi connectivity index (χ0) is 8.84. The largest absolute Gasteiger partial charge is 0.453 e. The third-order valence-electron chi connectivity index (χ3n) is 2.22. The second kappa shape index (κ2) is 2.10. The normalized spacial score (nSPS) is 13.8. The van der Waals surface area contributed by atoms with Crippen LogP contribution in [0.3, 0.4) is 0 Å². The van der Waals surface area contributed by atoms with Gasteiger partial charge >= 0.3 is 0 Å². The van der Waals surface area contributed by atoms with Gasteiger partial charge in [0.2, 0.25) is 6.79 Å². The summed E-state index contributed by atoms with van der Waals surface area (Å²) in [5, 5.41) is 1.04. The number of aromatic amines is 1. The van der Waals surface area contributed by atoms with Crippen molar-refractivity contribution in [3.8, 4) is 11.5 Å². The van der Waals surface area contributed by atoms with Gasteiger partial charge in [-0.15, -0.1) is 0 Å². The van der Waals surface area contributed by atoms with E-state index >= 15 is 0 Å². The quantitative estimate of drug-likeness (QED) is 0.597. The molecule has 0 fully saturated rings. The van der Waals surface area contributed by atoms with E-state index in [1.807, 2.05) is 18.3 Å². The van der Waals surface area contributed by atoms with E-state index in [-0.39, 0.29) is 6.79 Å². The fraction of sp³-hybridized carbons (Fsp3) is 0.111. The molecule has 0 amide bonds. The Hall–Kier alpha value is -1.84. The molecule has 1 aliphatic heterocycles. The minimum Gasteiger partial charge on any atom is -0.453 e. The average Bonchev–Trinajstić information content (AvgIpc) is 2.71. The molecule has 0 aliphatic carbocycles. The molecule has 1 aromatic carbocycles. The Labute approximate surface area is 74.2 Å². The molecule has 0 saturated heterocycles. The number of nitrogens with one attached hydrogen (secondary N) is 1. The topological polar surface area (TPSA) is 60.3 Å². The number of benzene rings is 1. The SMILES string of the molecule is Nc1c2c(cc3cc[nH]c13)OCO2. The number of fused-ring (bicyclic) bond motifs is 2. The fourth-order valence-electron chi connectivity index (χ4n) is 1.60. The van der Waals surface area contributed by atoms with Gasteiger partial charge in [0, 0.05) is 11.6 Å². The zero-order valence-electron chi connectivity index (χ0n) is 6.83. The van der Waals surface area contributed by atoms with Crippen LogP contribution in [0.2, 0.25) is 0 Å². The first-order valence-corrected chi connectivity index (χ1v) is 4.01. The van der Waals surface area contributed by atoms with Crippen molar-refractivity contribution in [2.45, 2.75) is 0 Å². The van der Waals surface area contributed by atoms with Crippen LogP contribution in [0.1, 0.15) is 0 Å². The number of aromatic nitrogens is 1. The van der Waals surface area contributed by atoms with Crippen molar-refractivity contribution < 1.29 is 9.47 Å². The van der Waals surface area contributed by atoms with Gasteiger partial charge < -0.3 is 20.2 Å². The summed E-state index contributed by atoms with van der Waals surface area (Å²) in [4.78, 5) is 3.06. The van der Waals surface area contributed by atoms with Crippen molar-refractivity contribution in [1.29, 1.82) is 0 Å². The first kappa shape index (κ1) is 6.65. The number of hydrogen-bond donors (Lipinski definition) is 2. The lowest BCUT2D eigenvalue weighted by atomic mass is 10.2. The summed E-state index contributed by atoms with van der Waals surface area (Å²) >= 11 is 0. The number of rotatable bonds is 0. The lowest BCUT2D eigenvalue weighted by Gasteiger charge is -2.01. The van der Waals surface area contributed by atoms with Gasteiger partial charge in [0.25, 0.3) is 0 Å². The molecule has 3 N–H and O–H groups in total. The second-order valence-electron chi connectivity index (χ2n) is 2.97. The van der Waals surface area contributed by atoms with E-state index in [1.54, 1.807) is 0 Å². The summed E-state index contributed by atoms with van der Waals surface area (Å²) in [6.45, 7) is 0.256. The lowest BCUT2D eigenvalue weighted by molar-refractivity contribution is 0.174. The fourth-order valence-corrected chi connectivity index (χ4v) is 1.60. The molecule has 0 saturated carbocycles. The van der Waals surface area contributed by atoms with E-state index in [9.17, 15) is 0 Å². The number of hydrogen-bond acceptors (Lipinski definition) is 3. The molecule has 1 aromatic heterocycles. The maximum absolute atomic E-state index is 5.88. The van der Waals surface area contributed by atoms with Crippen molar-refractivity contribution in [3.05, 3.63) is 18.3 Å². The van der Waals surface area contributed by atoms with Crippen LogP contribution in [0.4, 0.5) is 5.69 Å². The molecular weight excluding hydrogens is 168 g/mol. The van der Waals surface area contributed by atoms with Crippen LogP contribution in [0.5, 0.6) is 11.5 Å². The maximum Gasteiger partial charge on any atom is 0.231 e. The van der Waals surface area contributed by atoms with Crippen molar-refractivity contribution in [1.82, 2.24) is 4.98 Å². The first-order chi connectivity index (χ1) is 6.36. The Morgan fingerprint density at radius 2 is 2.31 bits per heavy atom. The third kappa shape index (κ3) is 0.744. The third-order valence-corrected chi connectivity index (χ3v) is 2.22. The molecule has 0 spiro atoms. The van der Waals surface area contributed by atoms with Crippen molar-refractivity contribution >= 4 is 16.6 Å². The molecular formula is C9H8N2O2. The van der Waals surface area contributed by atoms with E-state index in [0.29, 0.717) is 11.4 Å². The second-order valence-corrected chi connectivity index (χ2v) is 2.97. The van der Waals surface area contributed by atoms with Gasteiger partial charge in [0.15, 0.2) is 11.5 Å². The molecule has 13 heavy (non-hydrogen) atoms. The van der Waals surface area contributed by atoms with Crippen LogP contribution in [0, 0.1) is 0 Å². The molecule has 0 bridgehead atoms. The van der Waals surface area contributed by atoms with E-state index in [1.165, 1.54) is 0 Å². The Morgan fingerprint density at radius 3 is 3.23 bits per heavy atom. The predicted octanol–water partition coefficient (Wildman–Crippen LogP) is 1.48. The number of nitrogens with two attached hydrogens (primary N) is 1. The molecule has 0 atom stereocenters. The van der Waals surface area contributed by atoms with Crippen LogP contribution in [0.15, 0.2) is 18.3 Å². The van der Waals surface area contributed by atoms with Crippen molar-refractivity contribution in [2.24, 2.45) is 0 Å². The van der Waals surface area contributed by atoms with Gasteiger partial charge in [-0.3, -0.25) is 0 Å². The predicted molar refractivity (Wildman–Crippen MR) is 48.8 cm³/mol. The van der Waals surface area contributed by atoms with Crippen molar-refractivity contribution in [2.75, 3.05) is 12.5 Å². The standard InChI is InChI=1S/C9H8N2O2/c10-7-8-5(1-2-11-8)3-6-9(7)13-4-12-6/h1-3,11H,4,10H2. The van der Waals surface area contributed by atoms with E-state index < -0.39 is 0 Å². The summed E-state index contributed by atoms with van der Waals surface area (Å²) in [5.74, 6) is 1.37. The van der Waals surface area contributed by atoms with E-state index in [4.69, 9.17) is 15.2 Å². The first-order valence-electron chi connectivity index (χ1n) is 4.01. The lowest BCUT2D eigenvalue weighted by Crippen LogP contribution is -1.94. The van der Waals surface area contributed by atoms with Crippen LogP contribution < -0.4 is 15.2 Å². The van der Waals surface area contributed by atoms with Crippen molar-refractivity contribution in [3.63, 3.8) is 0 Å². The highest BCUT2D eigenvalue weighted by Gasteiger charge is 2.19. The zero-order valence-corrected chi connectivity index (χ0v) is 6.83. The highest BCUT2D eigenvalue weighted by Crippen LogP contribution is 2.41. The van der Waals surface area contributed by atoms with Gasteiger partial charge in [-0.1, -0.05) is 0 Å². The Kier molecular flexibility index (Phi) is 1.07. The Bertz CT molecular complexity index is 476. The highest BCUT2D eigenvalue weighted by molar-refractivity contribution is 5.95. The molecule has 66 valence electrons. The monoisotopic (exact) mass is 176 g/mol. The van der Waals surface area contributed by atoms with Crippen LogP contribution in [-0.2, 0) is 0 Å². The molecule has 1 aliphatic rings. The summed E-state index contributed by atoms with van der Waals surface area (Å²) in [5.41, 5.74) is 7.41. The number of H-pyrrole nitrogens is 1. The smallest absolute Gasteiger partial charge is 0.231 e. The van der Waals surface area contributed by atoms with Crippen LogP contribution in [0.25, 0.3) is 10.9 Å². The van der Waals surface area contributed by atoms with Gasteiger partial charge in [-0.05, 0) is 12.1 Å². The molecule has 4 nitrogen and oxygen atoms in total. The minimum atomic E-state index is 0.256. The summed E-state index contributed by atoms with van der Waals surface area (Å²) in [6, 6.07) is 3.87. The van der Waals surface area contributed by atoms with Gasteiger partial charge in [-0.2, -0.15) is 0 Å². The minimum absolute atomic E-state index is 0.256. The average molecular weight is 176 g/mol. The highest BCUT2D eigenvalue weighted by atomic mass is 16.7. The summed E-state index contributed by atoms with van der Waals surface area (Å²) < 4.78 is 10.5. The summed E-state index contributed by atoms with van der Waals surface area (Å²) in [6.07, 6.45) is 1.84. The molecule has 0 radical (unpaired) electrons. The van der Waals surface area contributed by atoms with Gasteiger partial charge in [0.1, 0.15) is 5.69 Å². The van der Waals surface area contributed by atoms with Crippen LogP contribution in [-0.4, -0.2) is 11.8 Å². The number of anilines is 1. The van der Waals surface area contributed by atoms with Crippen LogP contribution >= 0.6 is 0 Å². The Morgan fingerprint density at radius 1 is 1.38 bits per heavy atom. The summed E-state index contributed by atoms with van der Waals surface area (Å²) in [7, 11) is 0. The molecule has 0 unspecified atom stereocenters.